The molecule has 1 saturated heterocycles. The predicted molar refractivity (Wildman–Crippen MR) is 113 cm³/mol. The lowest BCUT2D eigenvalue weighted by atomic mass is 10.0. The standard InChI is InChI=1S/C21H26FN7O/c1-23-21(25-15-20-27-26-19-4-2-3-9-29(19)20)24-14-18(28-10-12-30-13-11-28)16-5-7-17(22)8-6-16/h2-9,18H,10-15H2,1H3,(H2,23,24,25). The van der Waals surface area contributed by atoms with Gasteiger partial charge in [0.15, 0.2) is 17.4 Å². The number of nitrogens with one attached hydrogen (secondary N) is 2. The number of hydrogen-bond acceptors (Lipinski definition) is 5. The topological polar surface area (TPSA) is 79.1 Å². The van der Waals surface area contributed by atoms with E-state index in [0.717, 1.165) is 30.1 Å². The quantitative estimate of drug-likeness (QED) is 0.474. The van der Waals surface area contributed by atoms with Gasteiger partial charge in [0.25, 0.3) is 0 Å². The molecule has 1 aromatic carbocycles. The lowest BCUT2D eigenvalue weighted by Gasteiger charge is -2.35. The number of halogens is 1. The van der Waals surface area contributed by atoms with Gasteiger partial charge in [-0.05, 0) is 29.8 Å². The second-order valence-corrected chi connectivity index (χ2v) is 7.07. The molecule has 3 aromatic rings. The molecule has 0 radical (unpaired) electrons. The molecular weight excluding hydrogens is 385 g/mol. The Kier molecular flexibility index (Phi) is 6.50. The molecule has 1 atom stereocenters. The van der Waals surface area contributed by atoms with Crippen LogP contribution in [0.5, 0.6) is 0 Å². The van der Waals surface area contributed by atoms with Crippen molar-refractivity contribution in [2.75, 3.05) is 39.9 Å². The predicted octanol–water partition coefficient (Wildman–Crippen LogP) is 1.61. The number of nitrogens with zero attached hydrogens (tertiary/aromatic N) is 5. The highest BCUT2D eigenvalue weighted by atomic mass is 19.1. The average Bonchev–Trinajstić information content (AvgIpc) is 3.21. The molecular formula is C21H26FN7O. The lowest BCUT2D eigenvalue weighted by molar-refractivity contribution is 0.0170. The summed E-state index contributed by atoms with van der Waals surface area (Å²) < 4.78 is 20.8. The molecule has 3 heterocycles. The van der Waals surface area contributed by atoms with Gasteiger partial charge in [0, 0.05) is 32.9 Å². The summed E-state index contributed by atoms with van der Waals surface area (Å²) in [4.78, 5) is 6.68. The number of aliphatic imine (C=N–C) groups is 1. The fourth-order valence-electron chi connectivity index (χ4n) is 3.62. The summed E-state index contributed by atoms with van der Waals surface area (Å²) in [6.07, 6.45) is 1.94. The molecule has 1 fully saturated rings. The zero-order chi connectivity index (χ0) is 20.8. The van der Waals surface area contributed by atoms with Gasteiger partial charge < -0.3 is 15.4 Å². The van der Waals surface area contributed by atoms with Crippen molar-refractivity contribution in [3.63, 3.8) is 0 Å². The van der Waals surface area contributed by atoms with Crippen LogP contribution in [-0.4, -0.2) is 65.4 Å². The van der Waals surface area contributed by atoms with E-state index in [4.69, 9.17) is 4.74 Å². The number of morpholine rings is 1. The Labute approximate surface area is 174 Å². The van der Waals surface area contributed by atoms with Gasteiger partial charge in [-0.1, -0.05) is 18.2 Å². The van der Waals surface area contributed by atoms with E-state index >= 15 is 0 Å². The summed E-state index contributed by atoms with van der Waals surface area (Å²) in [5.41, 5.74) is 1.87. The van der Waals surface area contributed by atoms with E-state index in [-0.39, 0.29) is 11.9 Å². The first-order valence-electron chi connectivity index (χ1n) is 10.0. The van der Waals surface area contributed by atoms with Gasteiger partial charge in [0.05, 0.1) is 25.8 Å². The SMILES string of the molecule is CN=C(NCc1nnc2ccccn12)NCC(c1ccc(F)cc1)N1CCOCC1. The smallest absolute Gasteiger partial charge is 0.191 e. The zero-order valence-electron chi connectivity index (χ0n) is 17.0. The van der Waals surface area contributed by atoms with Gasteiger partial charge in [0.1, 0.15) is 5.82 Å². The van der Waals surface area contributed by atoms with Gasteiger partial charge in [0.2, 0.25) is 0 Å². The van der Waals surface area contributed by atoms with Crippen LogP contribution in [0.25, 0.3) is 5.65 Å². The van der Waals surface area contributed by atoms with Gasteiger partial charge in [-0.2, -0.15) is 0 Å². The molecule has 1 unspecified atom stereocenters. The third kappa shape index (κ3) is 4.74. The molecule has 0 bridgehead atoms. The molecule has 4 rings (SSSR count). The first-order chi connectivity index (χ1) is 14.7. The Morgan fingerprint density at radius 2 is 1.93 bits per heavy atom. The van der Waals surface area contributed by atoms with E-state index in [2.05, 4.69) is 30.7 Å². The number of fused-ring (bicyclic) bond motifs is 1. The summed E-state index contributed by atoms with van der Waals surface area (Å²) in [6.45, 7) is 4.19. The Morgan fingerprint density at radius 3 is 2.70 bits per heavy atom. The minimum Gasteiger partial charge on any atom is -0.379 e. The summed E-state index contributed by atoms with van der Waals surface area (Å²) in [7, 11) is 1.74. The molecule has 0 spiro atoms. The van der Waals surface area contributed by atoms with Crippen LogP contribution in [0, 0.1) is 5.82 Å². The van der Waals surface area contributed by atoms with Crippen molar-refractivity contribution >= 4 is 11.6 Å². The second kappa shape index (κ2) is 9.64. The van der Waals surface area contributed by atoms with Gasteiger partial charge in [-0.25, -0.2) is 4.39 Å². The van der Waals surface area contributed by atoms with Crippen LogP contribution in [0.15, 0.2) is 53.7 Å². The van der Waals surface area contributed by atoms with Gasteiger partial charge in [-0.3, -0.25) is 14.3 Å². The normalized spacial score (nSPS) is 16.5. The van der Waals surface area contributed by atoms with E-state index in [9.17, 15) is 4.39 Å². The maximum atomic E-state index is 13.4. The van der Waals surface area contributed by atoms with Crippen LogP contribution >= 0.6 is 0 Å². The molecule has 8 nitrogen and oxygen atoms in total. The Balaban J connectivity index is 1.41. The number of ether oxygens (including phenoxy) is 1. The number of rotatable bonds is 6. The molecule has 1 aliphatic rings. The largest absolute Gasteiger partial charge is 0.379 e. The minimum absolute atomic E-state index is 0.0852. The highest BCUT2D eigenvalue weighted by Gasteiger charge is 2.23. The van der Waals surface area contributed by atoms with Crippen molar-refractivity contribution in [3.8, 4) is 0 Å². The highest BCUT2D eigenvalue weighted by molar-refractivity contribution is 5.79. The molecule has 0 aliphatic carbocycles. The average molecular weight is 411 g/mol. The van der Waals surface area contributed by atoms with Crippen LogP contribution in [0.1, 0.15) is 17.4 Å². The van der Waals surface area contributed by atoms with Crippen molar-refractivity contribution in [2.45, 2.75) is 12.6 Å². The van der Waals surface area contributed by atoms with Crippen LogP contribution in [0.3, 0.4) is 0 Å². The number of aromatic nitrogens is 3. The Bertz CT molecular complexity index is 982. The molecule has 0 amide bonds. The van der Waals surface area contributed by atoms with Gasteiger partial charge in [-0.15, -0.1) is 10.2 Å². The minimum atomic E-state index is -0.231. The van der Waals surface area contributed by atoms with Crippen molar-refractivity contribution in [1.29, 1.82) is 0 Å². The third-order valence-corrected chi connectivity index (χ3v) is 5.23. The fourth-order valence-corrected chi connectivity index (χ4v) is 3.62. The van der Waals surface area contributed by atoms with Crippen molar-refractivity contribution in [3.05, 3.63) is 65.9 Å². The lowest BCUT2D eigenvalue weighted by Crippen LogP contribution is -2.46. The van der Waals surface area contributed by atoms with E-state index in [1.165, 1.54) is 12.1 Å². The number of pyridine rings is 1. The van der Waals surface area contributed by atoms with Crippen LogP contribution in [0.4, 0.5) is 4.39 Å². The Morgan fingerprint density at radius 1 is 1.13 bits per heavy atom. The van der Waals surface area contributed by atoms with E-state index < -0.39 is 0 Å². The monoisotopic (exact) mass is 411 g/mol. The summed E-state index contributed by atoms with van der Waals surface area (Å²) in [5.74, 6) is 1.24. The molecule has 0 saturated carbocycles. The fraction of sp³-hybridized carbons (Fsp3) is 0.381. The zero-order valence-corrected chi connectivity index (χ0v) is 17.0. The molecule has 2 aromatic heterocycles. The first-order valence-corrected chi connectivity index (χ1v) is 10.0. The maximum Gasteiger partial charge on any atom is 0.191 e. The third-order valence-electron chi connectivity index (χ3n) is 5.23. The first kappa shape index (κ1) is 20.2. The molecule has 158 valence electrons. The molecule has 9 heteroatoms. The number of benzene rings is 1. The van der Waals surface area contributed by atoms with Crippen molar-refractivity contribution in [2.24, 2.45) is 4.99 Å². The molecule has 2 N–H and O–H groups in total. The van der Waals surface area contributed by atoms with Crippen LogP contribution in [-0.2, 0) is 11.3 Å². The van der Waals surface area contributed by atoms with Crippen LogP contribution in [0.2, 0.25) is 0 Å². The number of guanidine groups is 1. The maximum absolute atomic E-state index is 13.4. The summed E-state index contributed by atoms with van der Waals surface area (Å²) in [6, 6.07) is 12.6. The summed E-state index contributed by atoms with van der Waals surface area (Å²) >= 11 is 0. The van der Waals surface area contributed by atoms with E-state index in [1.807, 2.05) is 40.9 Å². The van der Waals surface area contributed by atoms with Crippen molar-refractivity contribution in [1.82, 2.24) is 30.1 Å². The number of hydrogen-bond donors (Lipinski definition) is 2. The van der Waals surface area contributed by atoms with Crippen LogP contribution < -0.4 is 10.6 Å². The van der Waals surface area contributed by atoms with E-state index in [0.29, 0.717) is 32.3 Å². The Hall–Kier alpha value is -3.04. The second-order valence-electron chi connectivity index (χ2n) is 7.07. The highest BCUT2D eigenvalue weighted by Crippen LogP contribution is 2.21. The molecule has 1 aliphatic heterocycles. The van der Waals surface area contributed by atoms with Crippen molar-refractivity contribution < 1.29 is 9.13 Å². The summed E-state index contributed by atoms with van der Waals surface area (Å²) in [5, 5.41) is 15.1. The molecule has 30 heavy (non-hydrogen) atoms. The van der Waals surface area contributed by atoms with E-state index in [1.54, 1.807) is 7.05 Å². The van der Waals surface area contributed by atoms with Gasteiger partial charge >= 0.3 is 0 Å².